The Labute approximate surface area is 196 Å². The van der Waals surface area contributed by atoms with Gasteiger partial charge in [-0.25, -0.2) is 4.39 Å². The van der Waals surface area contributed by atoms with Crippen LogP contribution in [0.2, 0.25) is 0 Å². The van der Waals surface area contributed by atoms with Crippen LogP contribution in [-0.2, 0) is 16.1 Å². The minimum absolute atomic E-state index is 0.0392. The van der Waals surface area contributed by atoms with Gasteiger partial charge < -0.3 is 14.4 Å². The molecule has 2 aliphatic rings. The summed E-state index contributed by atoms with van der Waals surface area (Å²) in [4.78, 5) is 29.4. The Balaban J connectivity index is 1.40. The number of para-hydroxylation sites is 2. The summed E-state index contributed by atoms with van der Waals surface area (Å²) in [6, 6.07) is 20.5. The molecule has 3 aromatic carbocycles. The van der Waals surface area contributed by atoms with Gasteiger partial charge in [-0.2, -0.15) is 0 Å². The van der Waals surface area contributed by atoms with Gasteiger partial charge in [0.15, 0.2) is 11.5 Å². The maximum atomic E-state index is 13.7. The molecule has 0 unspecified atom stereocenters. The number of halogens is 1. The van der Waals surface area contributed by atoms with Crippen LogP contribution in [-0.4, -0.2) is 43.0 Å². The van der Waals surface area contributed by atoms with Crippen LogP contribution in [0.5, 0.6) is 5.75 Å². The first-order chi connectivity index (χ1) is 16.6. The summed E-state index contributed by atoms with van der Waals surface area (Å²) < 4.78 is 24.9. The van der Waals surface area contributed by atoms with Crippen molar-refractivity contribution < 1.29 is 23.5 Å². The molecule has 5 rings (SSSR count). The first-order valence-corrected chi connectivity index (χ1v) is 11.1. The number of anilines is 1. The zero-order valence-corrected chi connectivity index (χ0v) is 18.4. The van der Waals surface area contributed by atoms with Crippen molar-refractivity contribution in [2.75, 3.05) is 31.2 Å². The van der Waals surface area contributed by atoms with Crippen LogP contribution in [0.1, 0.15) is 21.5 Å². The van der Waals surface area contributed by atoms with Gasteiger partial charge in [0.1, 0.15) is 5.82 Å². The second-order valence-electron chi connectivity index (χ2n) is 8.13. The molecule has 0 atom stereocenters. The quantitative estimate of drug-likeness (QED) is 0.548. The predicted octanol–water partition coefficient (Wildman–Crippen LogP) is 4.26. The van der Waals surface area contributed by atoms with Crippen LogP contribution in [0.3, 0.4) is 0 Å². The van der Waals surface area contributed by atoms with Crippen molar-refractivity contribution in [1.82, 2.24) is 4.90 Å². The van der Waals surface area contributed by atoms with Gasteiger partial charge in [-0.15, -0.1) is 0 Å². The third-order valence-corrected chi connectivity index (χ3v) is 5.82. The molecule has 172 valence electrons. The largest absolute Gasteiger partial charge is 0.449 e. The van der Waals surface area contributed by atoms with Crippen molar-refractivity contribution in [2.24, 2.45) is 0 Å². The van der Waals surface area contributed by atoms with Gasteiger partial charge in [0.25, 0.3) is 11.8 Å². The number of carbonyl (C=O) groups excluding carboxylic acids is 2. The Bertz CT molecular complexity index is 1250. The lowest BCUT2D eigenvalue weighted by Gasteiger charge is -2.30. The van der Waals surface area contributed by atoms with E-state index in [1.54, 1.807) is 64.4 Å². The predicted molar refractivity (Wildman–Crippen MR) is 126 cm³/mol. The summed E-state index contributed by atoms with van der Waals surface area (Å²) in [6.45, 7) is 2.45. The Hall–Kier alpha value is -3.97. The fourth-order valence-corrected chi connectivity index (χ4v) is 4.06. The molecule has 0 aliphatic carbocycles. The first kappa shape index (κ1) is 21.9. The third kappa shape index (κ3) is 4.56. The third-order valence-electron chi connectivity index (χ3n) is 5.82. The summed E-state index contributed by atoms with van der Waals surface area (Å²) in [7, 11) is 0. The number of rotatable bonds is 4. The van der Waals surface area contributed by atoms with E-state index in [9.17, 15) is 14.0 Å². The van der Waals surface area contributed by atoms with Crippen molar-refractivity contribution in [3.05, 3.63) is 101 Å². The molecule has 2 aliphatic heterocycles. The topological polar surface area (TPSA) is 59.1 Å². The summed E-state index contributed by atoms with van der Waals surface area (Å²) in [5.41, 5.74) is 2.61. The molecule has 0 spiro atoms. The number of amides is 2. The van der Waals surface area contributed by atoms with Crippen LogP contribution in [0, 0.1) is 5.82 Å². The first-order valence-electron chi connectivity index (χ1n) is 11.1. The molecule has 1 saturated heterocycles. The van der Waals surface area contributed by atoms with E-state index >= 15 is 0 Å². The molecule has 0 radical (unpaired) electrons. The average molecular weight is 458 g/mol. The maximum Gasteiger partial charge on any atom is 0.294 e. The molecule has 0 N–H and O–H groups in total. The van der Waals surface area contributed by atoms with Crippen LogP contribution in [0.25, 0.3) is 6.08 Å². The van der Waals surface area contributed by atoms with E-state index < -0.39 is 0 Å². The Morgan fingerprint density at radius 1 is 0.971 bits per heavy atom. The van der Waals surface area contributed by atoms with Crippen molar-refractivity contribution in [2.45, 2.75) is 6.54 Å². The number of benzene rings is 3. The number of fused-ring (bicyclic) bond motifs is 1. The van der Waals surface area contributed by atoms with E-state index in [0.717, 1.165) is 5.56 Å². The van der Waals surface area contributed by atoms with Crippen LogP contribution in [0.4, 0.5) is 10.1 Å². The molecule has 0 bridgehead atoms. The normalized spacial score (nSPS) is 16.9. The van der Waals surface area contributed by atoms with E-state index in [1.165, 1.54) is 12.1 Å². The van der Waals surface area contributed by atoms with Gasteiger partial charge in [0.2, 0.25) is 0 Å². The lowest BCUT2D eigenvalue weighted by molar-refractivity contribution is -0.117. The van der Waals surface area contributed by atoms with Gasteiger partial charge in [-0.1, -0.05) is 36.4 Å². The summed E-state index contributed by atoms with van der Waals surface area (Å²) in [6.07, 6.45) is 1.65. The molecule has 6 nitrogen and oxygen atoms in total. The van der Waals surface area contributed by atoms with Gasteiger partial charge >= 0.3 is 0 Å². The Kier molecular flexibility index (Phi) is 6.10. The van der Waals surface area contributed by atoms with Gasteiger partial charge in [0, 0.05) is 18.7 Å². The number of hydrogen-bond acceptors (Lipinski definition) is 4. The molecular formula is C27H23FN2O4. The number of nitrogens with zero attached hydrogens (tertiary/aromatic N) is 2. The fraction of sp³-hybridized carbons (Fsp3) is 0.185. The van der Waals surface area contributed by atoms with Crippen LogP contribution in [0.15, 0.2) is 78.6 Å². The maximum absolute atomic E-state index is 13.7. The average Bonchev–Trinajstić information content (AvgIpc) is 2.87. The number of carbonyl (C=O) groups is 2. The molecule has 34 heavy (non-hydrogen) atoms. The van der Waals surface area contributed by atoms with Crippen molar-refractivity contribution >= 4 is 23.6 Å². The Morgan fingerprint density at radius 2 is 1.74 bits per heavy atom. The fourth-order valence-electron chi connectivity index (χ4n) is 4.06. The smallest absolute Gasteiger partial charge is 0.294 e. The number of morpholine rings is 1. The summed E-state index contributed by atoms with van der Waals surface area (Å²) in [5, 5.41) is 0. The van der Waals surface area contributed by atoms with Crippen molar-refractivity contribution in [1.29, 1.82) is 0 Å². The van der Waals surface area contributed by atoms with Crippen molar-refractivity contribution in [3.63, 3.8) is 0 Å². The molecule has 0 aromatic heterocycles. The zero-order chi connectivity index (χ0) is 23.5. The SMILES string of the molecule is O=C(c1ccc(/C=C2\Oc3ccccc3N(Cc3cccc(F)c3)C2=O)cc1)N1CCOCC1. The highest BCUT2D eigenvalue weighted by Gasteiger charge is 2.30. The Morgan fingerprint density at radius 3 is 2.50 bits per heavy atom. The molecule has 3 aromatic rings. The highest BCUT2D eigenvalue weighted by atomic mass is 19.1. The second-order valence-corrected chi connectivity index (χ2v) is 8.13. The van der Waals surface area contributed by atoms with Crippen LogP contribution >= 0.6 is 0 Å². The zero-order valence-electron chi connectivity index (χ0n) is 18.4. The van der Waals surface area contributed by atoms with E-state index in [0.29, 0.717) is 48.9 Å². The highest BCUT2D eigenvalue weighted by molar-refractivity contribution is 6.09. The summed E-state index contributed by atoms with van der Waals surface area (Å²) >= 11 is 0. The minimum Gasteiger partial charge on any atom is -0.449 e. The minimum atomic E-state index is -0.353. The molecular weight excluding hydrogens is 435 g/mol. The monoisotopic (exact) mass is 458 g/mol. The van der Waals surface area contributed by atoms with E-state index in [2.05, 4.69) is 0 Å². The standard InChI is InChI=1S/C27H23FN2O4/c28-22-5-3-4-20(16-22)18-30-23-6-1-2-7-24(23)34-25(27(30)32)17-19-8-10-21(11-9-19)26(31)29-12-14-33-15-13-29/h1-11,16-17H,12-15,18H2/b25-17-. The summed E-state index contributed by atoms with van der Waals surface area (Å²) in [5.74, 6) is -0.0145. The molecule has 0 saturated carbocycles. The van der Waals surface area contributed by atoms with E-state index in [4.69, 9.17) is 9.47 Å². The van der Waals surface area contributed by atoms with Crippen LogP contribution < -0.4 is 9.64 Å². The molecule has 2 amide bonds. The van der Waals surface area contributed by atoms with E-state index in [1.807, 2.05) is 12.1 Å². The molecule has 7 heteroatoms. The lowest BCUT2D eigenvalue weighted by Crippen LogP contribution is -2.40. The second kappa shape index (κ2) is 9.49. The molecule has 1 fully saturated rings. The highest BCUT2D eigenvalue weighted by Crippen LogP contribution is 2.36. The molecule has 2 heterocycles. The number of hydrogen-bond donors (Lipinski definition) is 0. The number of ether oxygens (including phenoxy) is 2. The lowest BCUT2D eigenvalue weighted by atomic mass is 10.1. The van der Waals surface area contributed by atoms with Gasteiger partial charge in [0.05, 0.1) is 25.4 Å². The van der Waals surface area contributed by atoms with Gasteiger partial charge in [-0.3, -0.25) is 14.5 Å². The van der Waals surface area contributed by atoms with Gasteiger partial charge in [-0.05, 0) is 53.6 Å². The van der Waals surface area contributed by atoms with E-state index in [-0.39, 0.29) is 29.9 Å². The van der Waals surface area contributed by atoms with Crippen molar-refractivity contribution in [3.8, 4) is 5.75 Å².